The van der Waals surface area contributed by atoms with Crippen molar-refractivity contribution in [3.63, 3.8) is 0 Å². The second-order valence-corrected chi connectivity index (χ2v) is 10.8. The Kier molecular flexibility index (Phi) is 5.52. The number of nitrogens with one attached hydrogen (secondary N) is 2. The van der Waals surface area contributed by atoms with Gasteiger partial charge in [0.25, 0.3) is 0 Å². The van der Waals surface area contributed by atoms with Gasteiger partial charge in [0.15, 0.2) is 0 Å². The first kappa shape index (κ1) is 21.2. The van der Waals surface area contributed by atoms with Crippen LogP contribution in [0.4, 0.5) is 4.39 Å². The number of aliphatic hydroxyl groups is 1. The Labute approximate surface area is 174 Å². The molecule has 5 aliphatic rings. The van der Waals surface area contributed by atoms with Crippen molar-refractivity contribution in [1.29, 1.82) is 5.41 Å². The molecule has 3 N–H and O–H groups in total. The van der Waals surface area contributed by atoms with Crippen LogP contribution in [0.5, 0.6) is 0 Å². The molecule has 8 atom stereocenters. The minimum absolute atomic E-state index is 0.0648. The Balaban J connectivity index is 0.000000294. The molecule has 4 aliphatic carbocycles. The van der Waals surface area contributed by atoms with Gasteiger partial charge in [-0.2, -0.15) is 0 Å². The highest BCUT2D eigenvalue weighted by Crippen LogP contribution is 2.66. The zero-order valence-corrected chi connectivity index (χ0v) is 18.0. The minimum atomic E-state index is -0.963. The average molecular weight is 405 g/mol. The molecule has 0 spiro atoms. The fourth-order valence-corrected chi connectivity index (χ4v) is 7.49. The van der Waals surface area contributed by atoms with Crippen molar-refractivity contribution in [2.75, 3.05) is 13.1 Å². The lowest BCUT2D eigenvalue weighted by atomic mass is 9.44. The number of Topliss-reactive ketones (excluding diaryl/α,β-unsaturated/α-hetero) is 1. The van der Waals surface area contributed by atoms with Crippen molar-refractivity contribution >= 4 is 11.5 Å². The third-order valence-electron chi connectivity index (χ3n) is 9.18. The van der Waals surface area contributed by atoms with Gasteiger partial charge in [-0.15, -0.1) is 0 Å². The lowest BCUT2D eigenvalue weighted by Crippen LogP contribution is -2.55. The number of hydrogen-bond acceptors (Lipinski definition) is 4. The van der Waals surface area contributed by atoms with Gasteiger partial charge in [-0.3, -0.25) is 4.79 Å². The molecule has 0 aromatic heterocycles. The SMILES string of the molecule is C=C1CC2C(CC[C@]3(C)C(=O)CC(F)C23)[C@@]2(C)CCC(=N)CC12.OC1CCNC1. The van der Waals surface area contributed by atoms with E-state index in [1.807, 2.05) is 6.92 Å². The molecular formula is C24H37FN2O2. The fourth-order valence-electron chi connectivity index (χ4n) is 7.49. The quantitative estimate of drug-likeness (QED) is 0.533. The van der Waals surface area contributed by atoms with Crippen LogP contribution in [0.25, 0.3) is 0 Å². The molecule has 5 heteroatoms. The van der Waals surface area contributed by atoms with E-state index in [1.54, 1.807) is 0 Å². The first-order valence-electron chi connectivity index (χ1n) is 11.5. The molecular weight excluding hydrogens is 367 g/mol. The molecule has 1 heterocycles. The average Bonchev–Trinajstić information content (AvgIpc) is 3.22. The molecule has 5 rings (SSSR count). The Morgan fingerprint density at radius 2 is 1.97 bits per heavy atom. The first-order valence-corrected chi connectivity index (χ1v) is 11.5. The second kappa shape index (κ2) is 7.56. The van der Waals surface area contributed by atoms with E-state index in [0.717, 1.165) is 63.7 Å². The van der Waals surface area contributed by atoms with Gasteiger partial charge in [-0.05, 0) is 74.7 Å². The van der Waals surface area contributed by atoms with Crippen molar-refractivity contribution in [1.82, 2.24) is 5.32 Å². The Hall–Kier alpha value is -1.07. The zero-order chi connectivity index (χ0) is 21.0. The molecule has 0 radical (unpaired) electrons. The summed E-state index contributed by atoms with van der Waals surface area (Å²) in [5.41, 5.74) is 1.78. The number of halogens is 1. The van der Waals surface area contributed by atoms with Crippen LogP contribution >= 0.6 is 0 Å². The van der Waals surface area contributed by atoms with Crippen LogP contribution in [0, 0.1) is 39.9 Å². The summed E-state index contributed by atoms with van der Waals surface area (Å²) in [7, 11) is 0. The van der Waals surface area contributed by atoms with Gasteiger partial charge in [-0.1, -0.05) is 26.0 Å². The molecule has 29 heavy (non-hydrogen) atoms. The Morgan fingerprint density at radius 3 is 2.59 bits per heavy atom. The van der Waals surface area contributed by atoms with Gasteiger partial charge >= 0.3 is 0 Å². The molecule has 4 nitrogen and oxygen atoms in total. The van der Waals surface area contributed by atoms with Crippen molar-refractivity contribution < 1.29 is 14.3 Å². The van der Waals surface area contributed by atoms with E-state index in [4.69, 9.17) is 10.5 Å². The first-order chi connectivity index (χ1) is 13.7. The standard InChI is InChI=1S/C20H28FNO.C4H9NO/c1-11-8-13-14(19(2)6-4-12(22)9-15(11)19)5-7-20(3)17(23)10-16(21)18(13)20;6-4-1-2-5-3-4/h13-16,18,22H,1,4-10H2,2-3H3;4-6H,1-3H2/t13?,14?,15?,16?,18?,19-,20-;/m1./s1. The third-order valence-corrected chi connectivity index (χ3v) is 9.18. The van der Waals surface area contributed by atoms with Gasteiger partial charge in [-0.25, -0.2) is 4.39 Å². The maximum absolute atomic E-state index is 14.8. The monoisotopic (exact) mass is 404 g/mol. The topological polar surface area (TPSA) is 73.2 Å². The van der Waals surface area contributed by atoms with E-state index in [0.29, 0.717) is 11.8 Å². The maximum Gasteiger partial charge on any atom is 0.142 e. The number of carbonyl (C=O) groups excluding carboxylic acids is 1. The van der Waals surface area contributed by atoms with E-state index < -0.39 is 11.6 Å². The van der Waals surface area contributed by atoms with Gasteiger partial charge in [0.1, 0.15) is 12.0 Å². The normalized spacial score (nSPS) is 49.0. The summed E-state index contributed by atoms with van der Waals surface area (Å²) in [5.74, 6) is 1.20. The van der Waals surface area contributed by atoms with E-state index in [-0.39, 0.29) is 35.6 Å². The summed E-state index contributed by atoms with van der Waals surface area (Å²) in [5, 5.41) is 19.8. The summed E-state index contributed by atoms with van der Waals surface area (Å²) >= 11 is 0. The molecule has 0 bridgehead atoms. The molecule has 0 aromatic rings. The zero-order valence-electron chi connectivity index (χ0n) is 18.0. The number of ketones is 1. The van der Waals surface area contributed by atoms with Crippen LogP contribution in [0.2, 0.25) is 0 Å². The predicted molar refractivity (Wildman–Crippen MR) is 113 cm³/mol. The highest BCUT2D eigenvalue weighted by Gasteiger charge is 2.63. The molecule has 4 saturated carbocycles. The number of aliphatic hydroxyl groups excluding tert-OH is 1. The molecule has 1 aliphatic heterocycles. The van der Waals surface area contributed by atoms with E-state index in [9.17, 15) is 9.18 Å². The molecule has 6 unspecified atom stereocenters. The number of fused-ring (bicyclic) bond motifs is 5. The van der Waals surface area contributed by atoms with Gasteiger partial charge in [0, 0.05) is 30.0 Å². The Morgan fingerprint density at radius 1 is 1.21 bits per heavy atom. The Bertz CT molecular complexity index is 703. The van der Waals surface area contributed by atoms with E-state index in [1.165, 1.54) is 5.57 Å². The molecule has 5 fully saturated rings. The third kappa shape index (κ3) is 3.42. The largest absolute Gasteiger partial charge is 0.392 e. The lowest BCUT2D eigenvalue weighted by Gasteiger charge is -2.60. The van der Waals surface area contributed by atoms with E-state index in [2.05, 4.69) is 18.8 Å². The number of alkyl halides is 1. The molecule has 0 aromatic carbocycles. The van der Waals surface area contributed by atoms with Crippen LogP contribution in [-0.4, -0.2) is 42.0 Å². The van der Waals surface area contributed by atoms with Crippen LogP contribution in [0.15, 0.2) is 12.2 Å². The summed E-state index contributed by atoms with van der Waals surface area (Å²) in [6.07, 6.45) is 5.55. The minimum Gasteiger partial charge on any atom is -0.392 e. The van der Waals surface area contributed by atoms with Crippen LogP contribution in [-0.2, 0) is 4.79 Å². The van der Waals surface area contributed by atoms with Crippen molar-refractivity contribution in [3.05, 3.63) is 12.2 Å². The van der Waals surface area contributed by atoms with Crippen LogP contribution < -0.4 is 5.32 Å². The molecule has 1 saturated heterocycles. The summed E-state index contributed by atoms with van der Waals surface area (Å²) in [6, 6.07) is 0. The molecule has 162 valence electrons. The summed E-state index contributed by atoms with van der Waals surface area (Å²) < 4.78 is 14.8. The van der Waals surface area contributed by atoms with Crippen LogP contribution in [0.3, 0.4) is 0 Å². The van der Waals surface area contributed by atoms with Gasteiger partial charge < -0.3 is 15.8 Å². The van der Waals surface area contributed by atoms with Crippen molar-refractivity contribution in [3.8, 4) is 0 Å². The highest BCUT2D eigenvalue weighted by molar-refractivity contribution is 5.88. The predicted octanol–water partition coefficient (Wildman–Crippen LogP) is 4.07. The maximum atomic E-state index is 14.8. The highest BCUT2D eigenvalue weighted by atomic mass is 19.1. The number of allylic oxidation sites excluding steroid dienone is 1. The number of hydrogen-bond donors (Lipinski definition) is 3. The fraction of sp³-hybridized carbons (Fsp3) is 0.833. The second-order valence-electron chi connectivity index (χ2n) is 10.8. The van der Waals surface area contributed by atoms with Crippen molar-refractivity contribution in [2.24, 2.45) is 34.5 Å². The smallest absolute Gasteiger partial charge is 0.142 e. The van der Waals surface area contributed by atoms with Gasteiger partial charge in [0.2, 0.25) is 0 Å². The summed E-state index contributed by atoms with van der Waals surface area (Å²) in [6.45, 7) is 10.5. The van der Waals surface area contributed by atoms with E-state index >= 15 is 0 Å². The van der Waals surface area contributed by atoms with Crippen LogP contribution in [0.1, 0.15) is 65.2 Å². The lowest BCUT2D eigenvalue weighted by molar-refractivity contribution is -0.135. The number of carbonyl (C=O) groups is 1. The van der Waals surface area contributed by atoms with Crippen molar-refractivity contribution in [2.45, 2.75) is 77.5 Å². The molecule has 0 amide bonds. The van der Waals surface area contributed by atoms with Gasteiger partial charge in [0.05, 0.1) is 6.10 Å². The number of β-amino-alcohol motifs (C(OH)–C–C–N with tert-alkyl or cyclic N) is 1. The summed E-state index contributed by atoms with van der Waals surface area (Å²) in [4.78, 5) is 12.4. The number of rotatable bonds is 0.